The van der Waals surface area contributed by atoms with E-state index in [1.807, 2.05) is 0 Å². The van der Waals surface area contributed by atoms with Gasteiger partial charge in [-0.2, -0.15) is 4.31 Å². The molecule has 0 atom stereocenters. The molecule has 0 spiro atoms. The number of sulfonamides is 1. The number of carbonyl (C=O) groups excluding carboxylic acids is 2. The Balaban J connectivity index is 1.72. The van der Waals surface area contributed by atoms with Crippen molar-refractivity contribution in [2.75, 3.05) is 20.2 Å². The van der Waals surface area contributed by atoms with E-state index in [0.29, 0.717) is 23.9 Å². The number of hydrogen-bond acceptors (Lipinski definition) is 5. The predicted octanol–water partition coefficient (Wildman–Crippen LogP) is 2.21. The summed E-state index contributed by atoms with van der Waals surface area (Å²) in [5, 5.41) is 0.335. The Morgan fingerprint density at radius 3 is 2.41 bits per heavy atom. The summed E-state index contributed by atoms with van der Waals surface area (Å²) < 4.78 is 31.8. The summed E-state index contributed by atoms with van der Waals surface area (Å²) in [4.78, 5) is 24.8. The van der Waals surface area contributed by atoms with Crippen molar-refractivity contribution in [1.29, 1.82) is 0 Å². The predicted molar refractivity (Wildman–Crippen MR) is 107 cm³/mol. The number of hydrazine groups is 1. The van der Waals surface area contributed by atoms with Crippen LogP contribution in [0.15, 0.2) is 47.4 Å². The van der Waals surface area contributed by atoms with Crippen molar-refractivity contribution in [2.24, 2.45) is 0 Å². The fourth-order valence-corrected chi connectivity index (χ4v) is 4.72. The fourth-order valence-electron chi connectivity index (χ4n) is 2.99. The second-order valence-corrected chi connectivity index (χ2v) is 8.77. The normalized spacial score (nSPS) is 14.4. The summed E-state index contributed by atoms with van der Waals surface area (Å²) >= 11 is 5.91. The zero-order valence-electron chi connectivity index (χ0n) is 15.6. The van der Waals surface area contributed by atoms with Crippen molar-refractivity contribution in [2.45, 2.75) is 17.7 Å². The van der Waals surface area contributed by atoms with Gasteiger partial charge >= 0.3 is 0 Å². The summed E-state index contributed by atoms with van der Waals surface area (Å²) in [6.07, 6.45) is 1.64. The Morgan fingerprint density at radius 2 is 1.72 bits per heavy atom. The van der Waals surface area contributed by atoms with Crippen LogP contribution in [0, 0.1) is 0 Å². The van der Waals surface area contributed by atoms with Gasteiger partial charge in [0.2, 0.25) is 10.0 Å². The summed E-state index contributed by atoms with van der Waals surface area (Å²) in [5.74, 6) is -0.990. The summed E-state index contributed by atoms with van der Waals surface area (Å²) in [6, 6.07) is 10.2. The lowest BCUT2D eigenvalue weighted by molar-refractivity contribution is 0.0845. The van der Waals surface area contributed by atoms with Crippen molar-refractivity contribution in [3.63, 3.8) is 0 Å². The fraction of sp³-hybridized carbons (Fsp3) is 0.263. The molecular weight excluding hydrogens is 418 g/mol. The van der Waals surface area contributed by atoms with Gasteiger partial charge in [0.15, 0.2) is 0 Å². The Morgan fingerprint density at radius 1 is 1.03 bits per heavy atom. The molecule has 10 heteroatoms. The highest BCUT2D eigenvalue weighted by Gasteiger charge is 2.27. The van der Waals surface area contributed by atoms with Gasteiger partial charge in [-0.05, 0) is 49.2 Å². The second-order valence-electron chi connectivity index (χ2n) is 6.39. The molecule has 8 nitrogen and oxygen atoms in total. The van der Waals surface area contributed by atoms with Crippen LogP contribution in [0.3, 0.4) is 0 Å². The van der Waals surface area contributed by atoms with E-state index in [2.05, 4.69) is 10.9 Å². The molecule has 1 aliphatic heterocycles. The highest BCUT2D eigenvalue weighted by molar-refractivity contribution is 7.89. The first-order chi connectivity index (χ1) is 13.8. The molecule has 154 valence electrons. The Bertz CT molecular complexity index is 1040. The number of nitrogens with one attached hydrogen (secondary N) is 2. The molecular formula is C19H20ClN3O5S. The van der Waals surface area contributed by atoms with Crippen LogP contribution in [-0.2, 0) is 10.0 Å². The van der Waals surface area contributed by atoms with Crippen LogP contribution < -0.4 is 15.6 Å². The molecule has 2 aromatic rings. The van der Waals surface area contributed by atoms with E-state index < -0.39 is 21.8 Å². The Kier molecular flexibility index (Phi) is 6.41. The van der Waals surface area contributed by atoms with Crippen LogP contribution in [-0.4, -0.2) is 44.7 Å². The van der Waals surface area contributed by atoms with E-state index in [4.69, 9.17) is 16.3 Å². The van der Waals surface area contributed by atoms with Gasteiger partial charge in [0, 0.05) is 23.7 Å². The average molecular weight is 438 g/mol. The highest BCUT2D eigenvalue weighted by atomic mass is 35.5. The standard InChI is InChI=1S/C19H20ClN3O5S/c1-28-17-8-7-14(20)12-16(17)19(25)22-21-18(24)13-5-4-6-15(11-13)29(26,27)23-9-2-3-10-23/h4-8,11-12H,2-3,9-10H2,1H3,(H,21,24)(H,22,25). The van der Waals surface area contributed by atoms with Crippen molar-refractivity contribution in [1.82, 2.24) is 15.2 Å². The van der Waals surface area contributed by atoms with E-state index in [1.165, 1.54) is 47.8 Å². The molecule has 0 saturated carbocycles. The molecule has 0 aromatic heterocycles. The van der Waals surface area contributed by atoms with Gasteiger partial charge in [0.05, 0.1) is 17.6 Å². The van der Waals surface area contributed by atoms with Crippen molar-refractivity contribution in [3.8, 4) is 5.75 Å². The maximum absolute atomic E-state index is 12.7. The molecule has 2 amide bonds. The highest BCUT2D eigenvalue weighted by Crippen LogP contribution is 2.23. The number of halogens is 1. The lowest BCUT2D eigenvalue weighted by Crippen LogP contribution is -2.41. The Hall–Kier alpha value is -2.62. The van der Waals surface area contributed by atoms with E-state index in [-0.39, 0.29) is 16.0 Å². The molecule has 1 fully saturated rings. The zero-order chi connectivity index (χ0) is 21.0. The van der Waals surface area contributed by atoms with E-state index in [0.717, 1.165) is 12.8 Å². The molecule has 0 unspecified atom stereocenters. The molecule has 0 bridgehead atoms. The van der Waals surface area contributed by atoms with Gasteiger partial charge in [-0.1, -0.05) is 17.7 Å². The third kappa shape index (κ3) is 4.69. The van der Waals surface area contributed by atoms with Gasteiger partial charge in [0.1, 0.15) is 5.75 Å². The number of rotatable bonds is 5. The van der Waals surface area contributed by atoms with Crippen molar-refractivity contribution >= 4 is 33.4 Å². The van der Waals surface area contributed by atoms with Gasteiger partial charge in [-0.25, -0.2) is 8.42 Å². The largest absolute Gasteiger partial charge is 0.496 e. The van der Waals surface area contributed by atoms with Gasteiger partial charge in [-0.15, -0.1) is 0 Å². The van der Waals surface area contributed by atoms with Crippen LogP contribution in [0.2, 0.25) is 5.02 Å². The minimum atomic E-state index is -3.65. The minimum absolute atomic E-state index is 0.0369. The van der Waals surface area contributed by atoms with Crippen LogP contribution in [0.1, 0.15) is 33.6 Å². The Labute approximate surface area is 173 Å². The van der Waals surface area contributed by atoms with Gasteiger partial charge < -0.3 is 4.74 Å². The number of methoxy groups -OCH3 is 1. The monoisotopic (exact) mass is 437 g/mol. The number of carbonyl (C=O) groups is 2. The minimum Gasteiger partial charge on any atom is -0.496 e. The first-order valence-electron chi connectivity index (χ1n) is 8.87. The summed E-state index contributed by atoms with van der Waals surface area (Å²) in [5.41, 5.74) is 4.79. The quantitative estimate of drug-likeness (QED) is 0.698. The zero-order valence-corrected chi connectivity index (χ0v) is 17.2. The maximum Gasteiger partial charge on any atom is 0.273 e. The molecule has 0 radical (unpaired) electrons. The lowest BCUT2D eigenvalue weighted by atomic mass is 10.2. The van der Waals surface area contributed by atoms with Crippen LogP contribution >= 0.6 is 11.6 Å². The van der Waals surface area contributed by atoms with Crippen molar-refractivity contribution < 1.29 is 22.7 Å². The summed E-state index contributed by atoms with van der Waals surface area (Å²) in [7, 11) is -2.24. The second kappa shape index (κ2) is 8.81. The number of hydrogen-bond donors (Lipinski definition) is 2. The lowest BCUT2D eigenvalue weighted by Gasteiger charge is -2.16. The molecule has 1 saturated heterocycles. The molecule has 1 heterocycles. The molecule has 1 aliphatic rings. The molecule has 2 aromatic carbocycles. The first-order valence-corrected chi connectivity index (χ1v) is 10.7. The molecule has 29 heavy (non-hydrogen) atoms. The number of amides is 2. The van der Waals surface area contributed by atoms with Crippen LogP contribution in [0.4, 0.5) is 0 Å². The van der Waals surface area contributed by atoms with E-state index in [1.54, 1.807) is 6.07 Å². The van der Waals surface area contributed by atoms with Crippen LogP contribution in [0.25, 0.3) is 0 Å². The van der Waals surface area contributed by atoms with Crippen molar-refractivity contribution in [3.05, 3.63) is 58.6 Å². The molecule has 0 aliphatic carbocycles. The number of benzene rings is 2. The van der Waals surface area contributed by atoms with Gasteiger partial charge in [0.25, 0.3) is 11.8 Å². The van der Waals surface area contributed by atoms with E-state index in [9.17, 15) is 18.0 Å². The van der Waals surface area contributed by atoms with Crippen LogP contribution in [0.5, 0.6) is 5.75 Å². The topological polar surface area (TPSA) is 105 Å². The van der Waals surface area contributed by atoms with E-state index >= 15 is 0 Å². The third-order valence-corrected chi connectivity index (χ3v) is 6.62. The van der Waals surface area contributed by atoms with Gasteiger partial charge in [-0.3, -0.25) is 20.4 Å². The number of nitrogens with zero attached hydrogens (tertiary/aromatic N) is 1. The maximum atomic E-state index is 12.7. The third-order valence-electron chi connectivity index (χ3n) is 4.49. The average Bonchev–Trinajstić information content (AvgIpc) is 3.27. The molecule has 3 rings (SSSR count). The smallest absolute Gasteiger partial charge is 0.273 e. The summed E-state index contributed by atoms with van der Waals surface area (Å²) in [6.45, 7) is 0.937. The molecule has 2 N–H and O–H groups in total. The first kappa shape index (κ1) is 21.1. The SMILES string of the molecule is COc1ccc(Cl)cc1C(=O)NNC(=O)c1cccc(S(=O)(=O)N2CCCC2)c1. The number of ether oxygens (including phenoxy) is 1.